The van der Waals surface area contributed by atoms with Gasteiger partial charge >= 0.3 is 6.36 Å². The van der Waals surface area contributed by atoms with Gasteiger partial charge in [0.2, 0.25) is 5.91 Å². The number of carbonyl (C=O) groups is 1. The van der Waals surface area contributed by atoms with Crippen LogP contribution >= 0.6 is 0 Å². The van der Waals surface area contributed by atoms with E-state index in [0.29, 0.717) is 12.2 Å². The average molecular weight is 428 g/mol. The zero-order valence-electron chi connectivity index (χ0n) is 17.6. The first-order chi connectivity index (χ1) is 14.3. The second kappa shape index (κ2) is 10.0. The van der Waals surface area contributed by atoms with Gasteiger partial charge in [-0.3, -0.25) is 4.79 Å². The number of ether oxygens (including phenoxy) is 2. The number of alkyl halides is 3. The van der Waals surface area contributed by atoms with Gasteiger partial charge in [0.25, 0.3) is 0 Å². The van der Waals surface area contributed by atoms with Crippen LogP contribution in [0.4, 0.5) is 13.2 Å². The molecule has 3 rings (SSSR count). The molecule has 1 aromatic rings. The maximum Gasteiger partial charge on any atom is 0.573 e. The number of hydrogen-bond donors (Lipinski definition) is 1. The SMILES string of the molecule is CNC1CCCN(C(C)=O)[C@H]1COC1CCC(c2ccccc2OC(F)(F)F)CC1. The molecule has 1 heterocycles. The molecule has 0 bridgehead atoms. The summed E-state index contributed by atoms with van der Waals surface area (Å²) < 4.78 is 48.5. The molecule has 0 spiro atoms. The maximum absolute atomic E-state index is 12.7. The minimum atomic E-state index is -4.69. The molecule has 0 aromatic heterocycles. The number of rotatable bonds is 6. The molecule has 5 nitrogen and oxygen atoms in total. The zero-order chi connectivity index (χ0) is 21.7. The summed E-state index contributed by atoms with van der Waals surface area (Å²) in [4.78, 5) is 13.9. The molecular weight excluding hydrogens is 397 g/mol. The van der Waals surface area contributed by atoms with E-state index in [0.717, 1.165) is 45.1 Å². The maximum atomic E-state index is 12.7. The van der Waals surface area contributed by atoms with Crippen LogP contribution in [0.3, 0.4) is 0 Å². The predicted molar refractivity (Wildman–Crippen MR) is 107 cm³/mol. The largest absolute Gasteiger partial charge is 0.573 e. The highest BCUT2D eigenvalue weighted by atomic mass is 19.4. The van der Waals surface area contributed by atoms with Gasteiger partial charge in [0.1, 0.15) is 5.75 Å². The number of likely N-dealkylation sites (N-methyl/N-ethyl adjacent to an activating group) is 1. The minimum Gasteiger partial charge on any atom is -0.405 e. The summed E-state index contributed by atoms with van der Waals surface area (Å²) >= 11 is 0. The zero-order valence-corrected chi connectivity index (χ0v) is 17.6. The van der Waals surface area contributed by atoms with Crippen LogP contribution in [-0.4, -0.2) is 55.6 Å². The summed E-state index contributed by atoms with van der Waals surface area (Å²) in [5, 5.41) is 3.30. The lowest BCUT2D eigenvalue weighted by Crippen LogP contribution is -2.57. The van der Waals surface area contributed by atoms with E-state index >= 15 is 0 Å². The number of nitrogens with zero attached hydrogens (tertiary/aromatic N) is 1. The smallest absolute Gasteiger partial charge is 0.405 e. The van der Waals surface area contributed by atoms with Crippen LogP contribution in [0.5, 0.6) is 5.75 Å². The van der Waals surface area contributed by atoms with E-state index in [2.05, 4.69) is 10.1 Å². The van der Waals surface area contributed by atoms with Crippen molar-refractivity contribution < 1.29 is 27.4 Å². The Bertz CT molecular complexity index is 705. The van der Waals surface area contributed by atoms with Crippen molar-refractivity contribution in [2.24, 2.45) is 0 Å². The molecule has 30 heavy (non-hydrogen) atoms. The Morgan fingerprint density at radius 2 is 1.87 bits per heavy atom. The van der Waals surface area contributed by atoms with Crippen LogP contribution in [0.2, 0.25) is 0 Å². The van der Waals surface area contributed by atoms with Crippen molar-refractivity contribution in [2.45, 2.75) is 75.9 Å². The lowest BCUT2D eigenvalue weighted by Gasteiger charge is -2.41. The highest BCUT2D eigenvalue weighted by molar-refractivity contribution is 5.73. The third-order valence-corrected chi connectivity index (χ3v) is 6.32. The molecule has 168 valence electrons. The van der Waals surface area contributed by atoms with E-state index in [1.165, 1.54) is 6.07 Å². The Hall–Kier alpha value is -1.80. The third-order valence-electron chi connectivity index (χ3n) is 6.32. The third kappa shape index (κ3) is 5.88. The minimum absolute atomic E-state index is 0.0138. The molecule has 0 radical (unpaired) electrons. The summed E-state index contributed by atoms with van der Waals surface area (Å²) in [7, 11) is 1.91. The summed E-state index contributed by atoms with van der Waals surface area (Å²) in [6, 6.07) is 6.63. The molecule has 1 amide bonds. The first-order valence-corrected chi connectivity index (χ1v) is 10.7. The normalized spacial score (nSPS) is 27.7. The molecular formula is C22H31F3N2O3. The fourth-order valence-corrected chi connectivity index (χ4v) is 4.80. The number of benzene rings is 1. The van der Waals surface area contributed by atoms with Crippen molar-refractivity contribution in [3.05, 3.63) is 29.8 Å². The van der Waals surface area contributed by atoms with E-state index < -0.39 is 6.36 Å². The Balaban J connectivity index is 1.55. The Kier molecular flexibility index (Phi) is 7.63. The van der Waals surface area contributed by atoms with Crippen molar-refractivity contribution in [2.75, 3.05) is 20.2 Å². The van der Waals surface area contributed by atoms with Crippen LogP contribution in [0.1, 0.15) is 56.9 Å². The lowest BCUT2D eigenvalue weighted by atomic mass is 9.82. The van der Waals surface area contributed by atoms with Crippen molar-refractivity contribution in [3.63, 3.8) is 0 Å². The van der Waals surface area contributed by atoms with Gasteiger partial charge < -0.3 is 19.7 Å². The molecule has 2 fully saturated rings. The van der Waals surface area contributed by atoms with Crippen LogP contribution in [0, 0.1) is 0 Å². The molecule has 1 saturated carbocycles. The van der Waals surface area contributed by atoms with E-state index in [1.54, 1.807) is 25.1 Å². The summed E-state index contributed by atoms with van der Waals surface area (Å²) in [6.45, 7) is 2.83. The van der Waals surface area contributed by atoms with Crippen LogP contribution in [-0.2, 0) is 9.53 Å². The fourth-order valence-electron chi connectivity index (χ4n) is 4.80. The molecule has 1 unspecified atom stereocenters. The Labute approximate surface area is 175 Å². The first kappa shape index (κ1) is 22.9. The standard InChI is InChI=1S/C22H31F3N2O3/c1-15(28)27-13-5-7-19(26-2)20(27)14-29-17-11-9-16(10-12-17)18-6-3-4-8-21(18)30-22(23,24)25/h3-4,6,8,16-17,19-20,26H,5,7,9-14H2,1-2H3/t16?,17?,19?,20-/m0/s1. The second-order valence-electron chi connectivity index (χ2n) is 8.21. The van der Waals surface area contributed by atoms with E-state index in [4.69, 9.17) is 4.74 Å². The number of para-hydroxylation sites is 1. The number of amides is 1. The number of carbonyl (C=O) groups excluding carboxylic acids is 1. The highest BCUT2D eigenvalue weighted by Crippen LogP contribution is 2.39. The molecule has 1 aromatic carbocycles. The molecule has 1 saturated heterocycles. The number of nitrogens with one attached hydrogen (secondary N) is 1. The van der Waals surface area contributed by atoms with Gasteiger partial charge in [0.05, 0.1) is 18.8 Å². The van der Waals surface area contributed by atoms with E-state index in [1.807, 2.05) is 11.9 Å². The number of likely N-dealkylation sites (tertiary alicyclic amines) is 1. The van der Waals surface area contributed by atoms with Crippen molar-refractivity contribution >= 4 is 5.91 Å². The molecule has 2 aliphatic rings. The van der Waals surface area contributed by atoms with E-state index in [-0.39, 0.29) is 35.8 Å². The van der Waals surface area contributed by atoms with Crippen LogP contribution in [0.15, 0.2) is 24.3 Å². The van der Waals surface area contributed by atoms with Crippen molar-refractivity contribution in [3.8, 4) is 5.75 Å². The quantitative estimate of drug-likeness (QED) is 0.737. The van der Waals surface area contributed by atoms with Gasteiger partial charge in [-0.15, -0.1) is 13.2 Å². The second-order valence-corrected chi connectivity index (χ2v) is 8.21. The number of piperidine rings is 1. The summed E-state index contributed by atoms with van der Waals surface area (Å²) in [6.07, 6.45) is 0.416. The molecule has 8 heteroatoms. The molecule has 1 N–H and O–H groups in total. The van der Waals surface area contributed by atoms with Gasteiger partial charge in [-0.25, -0.2) is 0 Å². The Morgan fingerprint density at radius 1 is 1.17 bits per heavy atom. The first-order valence-electron chi connectivity index (χ1n) is 10.7. The lowest BCUT2D eigenvalue weighted by molar-refractivity contribution is -0.275. The van der Waals surface area contributed by atoms with Crippen LogP contribution < -0.4 is 10.1 Å². The monoisotopic (exact) mass is 428 g/mol. The Morgan fingerprint density at radius 3 is 2.50 bits per heavy atom. The molecule has 1 aliphatic heterocycles. The predicted octanol–water partition coefficient (Wildman–Crippen LogP) is 4.23. The van der Waals surface area contributed by atoms with E-state index in [9.17, 15) is 18.0 Å². The van der Waals surface area contributed by atoms with Crippen molar-refractivity contribution in [1.29, 1.82) is 0 Å². The van der Waals surface area contributed by atoms with Crippen LogP contribution in [0.25, 0.3) is 0 Å². The average Bonchev–Trinajstić information content (AvgIpc) is 2.71. The van der Waals surface area contributed by atoms with Gasteiger partial charge in [0.15, 0.2) is 0 Å². The molecule has 2 atom stereocenters. The molecule has 1 aliphatic carbocycles. The topological polar surface area (TPSA) is 50.8 Å². The van der Waals surface area contributed by atoms with Gasteiger partial charge in [-0.1, -0.05) is 18.2 Å². The number of halogens is 3. The number of hydrogen-bond acceptors (Lipinski definition) is 4. The summed E-state index contributed by atoms with van der Waals surface area (Å²) in [5.74, 6) is -0.0177. The van der Waals surface area contributed by atoms with Gasteiger partial charge in [-0.2, -0.15) is 0 Å². The summed E-state index contributed by atoms with van der Waals surface area (Å²) in [5.41, 5.74) is 0.610. The van der Waals surface area contributed by atoms with Gasteiger partial charge in [-0.05, 0) is 63.1 Å². The fraction of sp³-hybridized carbons (Fsp3) is 0.682. The highest BCUT2D eigenvalue weighted by Gasteiger charge is 2.35. The van der Waals surface area contributed by atoms with Gasteiger partial charge in [0, 0.05) is 19.5 Å². The van der Waals surface area contributed by atoms with Crippen molar-refractivity contribution in [1.82, 2.24) is 10.2 Å².